The zero-order chi connectivity index (χ0) is 18.1. The normalized spacial score (nSPS) is 12.0. The minimum atomic E-state index is -1.08. The highest BCUT2D eigenvalue weighted by atomic mass is 16.4. The van der Waals surface area contributed by atoms with Crippen molar-refractivity contribution < 1.29 is 19.5 Å². The molecule has 0 radical (unpaired) electrons. The van der Waals surface area contributed by atoms with E-state index in [9.17, 15) is 14.4 Å². The summed E-state index contributed by atoms with van der Waals surface area (Å²) in [5, 5.41) is 11.7. The van der Waals surface area contributed by atoms with Gasteiger partial charge in [-0.05, 0) is 19.4 Å². The first-order valence-corrected chi connectivity index (χ1v) is 7.81. The molecule has 0 saturated carbocycles. The summed E-state index contributed by atoms with van der Waals surface area (Å²) in [6.45, 7) is 5.21. The van der Waals surface area contributed by atoms with E-state index in [1.54, 1.807) is 6.08 Å². The zero-order valence-corrected chi connectivity index (χ0v) is 14.3. The van der Waals surface area contributed by atoms with E-state index in [1.165, 1.54) is 18.7 Å². The lowest BCUT2D eigenvalue weighted by atomic mass is 10.1. The first-order chi connectivity index (χ1) is 11.3. The van der Waals surface area contributed by atoms with Gasteiger partial charge in [0.25, 0.3) is 0 Å². The van der Waals surface area contributed by atoms with Crippen LogP contribution in [0.2, 0.25) is 0 Å². The molecule has 0 aromatic heterocycles. The van der Waals surface area contributed by atoms with Crippen molar-refractivity contribution in [2.75, 3.05) is 13.1 Å². The summed E-state index contributed by atoms with van der Waals surface area (Å²) in [5.74, 6) is -1.59. The lowest BCUT2D eigenvalue weighted by Crippen LogP contribution is -2.46. The molecule has 0 saturated heterocycles. The number of carboxylic acids is 1. The SMILES string of the molecule is CC(=O)NCCN(C(=O)C/C=C/c1ccc(C)cc1)C(C)C(=O)O. The Kier molecular flexibility index (Phi) is 7.68. The summed E-state index contributed by atoms with van der Waals surface area (Å²) in [7, 11) is 0. The Morgan fingerprint density at radius 3 is 2.42 bits per heavy atom. The van der Waals surface area contributed by atoms with Crippen LogP contribution in [0.3, 0.4) is 0 Å². The number of benzene rings is 1. The smallest absolute Gasteiger partial charge is 0.326 e. The number of carboxylic acid groups (broad SMARTS) is 1. The molecule has 1 aromatic carbocycles. The second-order valence-electron chi connectivity index (χ2n) is 5.60. The number of hydrogen-bond acceptors (Lipinski definition) is 3. The predicted molar refractivity (Wildman–Crippen MR) is 92.3 cm³/mol. The van der Waals surface area contributed by atoms with Gasteiger partial charge in [-0.3, -0.25) is 9.59 Å². The van der Waals surface area contributed by atoms with E-state index in [0.29, 0.717) is 0 Å². The van der Waals surface area contributed by atoms with Crippen molar-refractivity contribution in [1.29, 1.82) is 0 Å². The van der Waals surface area contributed by atoms with Crippen LogP contribution in [0.15, 0.2) is 30.3 Å². The molecular formula is C18H24N2O4. The van der Waals surface area contributed by atoms with Gasteiger partial charge in [0.05, 0.1) is 0 Å². The topological polar surface area (TPSA) is 86.7 Å². The van der Waals surface area contributed by atoms with Gasteiger partial charge in [-0.1, -0.05) is 42.0 Å². The van der Waals surface area contributed by atoms with Gasteiger partial charge in [-0.25, -0.2) is 4.79 Å². The van der Waals surface area contributed by atoms with Crippen LogP contribution in [0, 0.1) is 6.92 Å². The van der Waals surface area contributed by atoms with Crippen LogP contribution >= 0.6 is 0 Å². The van der Waals surface area contributed by atoms with Gasteiger partial charge in [0, 0.05) is 26.4 Å². The summed E-state index contributed by atoms with van der Waals surface area (Å²) < 4.78 is 0. The highest BCUT2D eigenvalue weighted by Crippen LogP contribution is 2.08. The van der Waals surface area contributed by atoms with Crippen LogP contribution in [0.25, 0.3) is 6.08 Å². The maximum Gasteiger partial charge on any atom is 0.326 e. The summed E-state index contributed by atoms with van der Waals surface area (Å²) in [6.07, 6.45) is 3.65. The number of carbonyl (C=O) groups excluding carboxylic acids is 2. The van der Waals surface area contributed by atoms with E-state index in [0.717, 1.165) is 11.1 Å². The van der Waals surface area contributed by atoms with Gasteiger partial charge in [0.15, 0.2) is 0 Å². The van der Waals surface area contributed by atoms with Gasteiger partial charge in [-0.15, -0.1) is 0 Å². The Labute approximate surface area is 142 Å². The lowest BCUT2D eigenvalue weighted by Gasteiger charge is -2.26. The molecule has 2 N–H and O–H groups in total. The Hall–Kier alpha value is -2.63. The maximum absolute atomic E-state index is 12.3. The molecule has 0 heterocycles. The van der Waals surface area contributed by atoms with Gasteiger partial charge < -0.3 is 15.3 Å². The Morgan fingerprint density at radius 1 is 1.25 bits per heavy atom. The molecule has 0 aliphatic heterocycles. The average molecular weight is 332 g/mol. The highest BCUT2D eigenvalue weighted by Gasteiger charge is 2.24. The Bertz CT molecular complexity index is 608. The van der Waals surface area contributed by atoms with Gasteiger partial charge in [0.1, 0.15) is 6.04 Å². The molecule has 1 aromatic rings. The third kappa shape index (κ3) is 6.64. The summed E-state index contributed by atoms with van der Waals surface area (Å²) in [4.78, 5) is 35.6. The monoisotopic (exact) mass is 332 g/mol. The molecule has 130 valence electrons. The van der Waals surface area contributed by atoms with E-state index >= 15 is 0 Å². The van der Waals surface area contributed by atoms with E-state index in [4.69, 9.17) is 5.11 Å². The Morgan fingerprint density at radius 2 is 1.88 bits per heavy atom. The molecule has 1 rings (SSSR count). The molecule has 6 heteroatoms. The number of amides is 2. The molecular weight excluding hydrogens is 308 g/mol. The molecule has 0 spiro atoms. The number of rotatable bonds is 8. The van der Waals surface area contributed by atoms with Gasteiger partial charge >= 0.3 is 5.97 Å². The molecule has 24 heavy (non-hydrogen) atoms. The van der Waals surface area contributed by atoms with Crippen LogP contribution in [-0.2, 0) is 14.4 Å². The van der Waals surface area contributed by atoms with Crippen molar-refractivity contribution in [2.45, 2.75) is 33.2 Å². The number of aryl methyl sites for hydroxylation is 1. The first-order valence-electron chi connectivity index (χ1n) is 7.81. The minimum absolute atomic E-state index is 0.103. The van der Waals surface area contributed by atoms with E-state index in [2.05, 4.69) is 5.32 Å². The van der Waals surface area contributed by atoms with Crippen molar-refractivity contribution in [3.63, 3.8) is 0 Å². The van der Waals surface area contributed by atoms with Crippen LogP contribution in [0.1, 0.15) is 31.4 Å². The van der Waals surface area contributed by atoms with E-state index in [-0.39, 0.29) is 31.3 Å². The molecule has 2 amide bonds. The highest BCUT2D eigenvalue weighted by molar-refractivity contribution is 5.84. The van der Waals surface area contributed by atoms with Crippen molar-refractivity contribution in [3.8, 4) is 0 Å². The fourth-order valence-electron chi connectivity index (χ4n) is 2.11. The lowest BCUT2D eigenvalue weighted by molar-refractivity contribution is -0.149. The van der Waals surface area contributed by atoms with Crippen LogP contribution in [-0.4, -0.2) is 46.9 Å². The van der Waals surface area contributed by atoms with E-state index in [1.807, 2.05) is 37.3 Å². The quantitative estimate of drug-likeness (QED) is 0.760. The summed E-state index contributed by atoms with van der Waals surface area (Å²) in [5.41, 5.74) is 2.13. The second-order valence-corrected chi connectivity index (χ2v) is 5.60. The third-order valence-electron chi connectivity index (χ3n) is 3.55. The summed E-state index contributed by atoms with van der Waals surface area (Å²) >= 11 is 0. The number of aliphatic carboxylic acids is 1. The van der Waals surface area contributed by atoms with Crippen molar-refractivity contribution in [3.05, 3.63) is 41.5 Å². The molecule has 0 bridgehead atoms. The minimum Gasteiger partial charge on any atom is -0.480 e. The van der Waals surface area contributed by atoms with Gasteiger partial charge in [0.2, 0.25) is 11.8 Å². The van der Waals surface area contributed by atoms with E-state index < -0.39 is 12.0 Å². The number of carbonyl (C=O) groups is 3. The fraction of sp³-hybridized carbons (Fsp3) is 0.389. The first kappa shape index (κ1) is 19.4. The summed E-state index contributed by atoms with van der Waals surface area (Å²) in [6, 6.07) is 6.91. The number of nitrogens with zero attached hydrogens (tertiary/aromatic N) is 1. The molecule has 1 atom stereocenters. The largest absolute Gasteiger partial charge is 0.480 e. The Balaban J connectivity index is 2.67. The third-order valence-corrected chi connectivity index (χ3v) is 3.55. The molecule has 0 aliphatic carbocycles. The van der Waals surface area contributed by atoms with Crippen molar-refractivity contribution >= 4 is 23.9 Å². The van der Waals surface area contributed by atoms with Crippen molar-refractivity contribution in [2.24, 2.45) is 0 Å². The fourth-order valence-corrected chi connectivity index (χ4v) is 2.11. The van der Waals surface area contributed by atoms with Crippen molar-refractivity contribution in [1.82, 2.24) is 10.2 Å². The van der Waals surface area contributed by atoms with Crippen LogP contribution < -0.4 is 5.32 Å². The molecule has 0 aliphatic rings. The second kappa shape index (κ2) is 9.50. The van der Waals surface area contributed by atoms with Crippen LogP contribution in [0.4, 0.5) is 0 Å². The predicted octanol–water partition coefficient (Wildman–Crippen LogP) is 1.84. The average Bonchev–Trinajstić information content (AvgIpc) is 2.52. The van der Waals surface area contributed by atoms with Crippen LogP contribution in [0.5, 0.6) is 0 Å². The number of nitrogens with one attached hydrogen (secondary N) is 1. The maximum atomic E-state index is 12.3. The molecule has 1 unspecified atom stereocenters. The van der Waals surface area contributed by atoms with Gasteiger partial charge in [-0.2, -0.15) is 0 Å². The zero-order valence-electron chi connectivity index (χ0n) is 14.3. The standard InChI is InChI=1S/C18H24N2O4/c1-13-7-9-16(10-8-13)5-4-6-17(22)20(14(2)18(23)24)12-11-19-15(3)21/h4-5,7-10,14H,6,11-12H2,1-3H3,(H,19,21)(H,23,24)/b5-4+. The molecule has 0 fully saturated rings. The number of hydrogen-bond donors (Lipinski definition) is 2. The molecule has 6 nitrogen and oxygen atoms in total.